The predicted molar refractivity (Wildman–Crippen MR) is 156 cm³/mol. The predicted octanol–water partition coefficient (Wildman–Crippen LogP) is 5.76. The lowest BCUT2D eigenvalue weighted by Crippen LogP contribution is -2.34. The van der Waals surface area contributed by atoms with E-state index in [9.17, 15) is 9.59 Å². The van der Waals surface area contributed by atoms with E-state index in [-0.39, 0.29) is 23.0 Å². The van der Waals surface area contributed by atoms with Crippen molar-refractivity contribution in [2.75, 3.05) is 18.5 Å². The Labute approximate surface area is 233 Å². The first-order valence-electron chi connectivity index (χ1n) is 12.5. The molecule has 3 N–H and O–H groups in total. The van der Waals surface area contributed by atoms with E-state index in [2.05, 4.69) is 16.0 Å². The van der Waals surface area contributed by atoms with Gasteiger partial charge in [0.2, 0.25) is 0 Å². The molecule has 2 amide bonds. The molecule has 1 unspecified atom stereocenters. The van der Waals surface area contributed by atoms with Gasteiger partial charge in [0, 0.05) is 16.8 Å². The molecule has 0 aliphatic rings. The number of carbonyl (C=O) groups is 2. The normalized spacial score (nSPS) is 11.1. The second-order valence-electron chi connectivity index (χ2n) is 8.63. The number of amides is 2. The lowest BCUT2D eigenvalue weighted by Gasteiger charge is -2.15. The zero-order valence-electron chi connectivity index (χ0n) is 21.4. The Morgan fingerprint density at radius 1 is 0.718 bits per heavy atom. The van der Waals surface area contributed by atoms with Crippen LogP contribution in [0, 0.1) is 0 Å². The summed E-state index contributed by atoms with van der Waals surface area (Å²) in [6.07, 6.45) is 0. The topological polar surface area (TPSA) is 88.7 Å². The third-order valence-electron chi connectivity index (χ3n) is 5.74. The second-order valence-corrected chi connectivity index (χ2v) is 9.04. The van der Waals surface area contributed by atoms with Crippen molar-refractivity contribution in [2.45, 2.75) is 13.0 Å². The van der Waals surface area contributed by atoms with Crippen molar-refractivity contribution < 1.29 is 19.1 Å². The minimum absolute atomic E-state index is 0.119. The molecule has 0 saturated heterocycles. The molecule has 0 saturated carbocycles. The van der Waals surface area contributed by atoms with Crippen LogP contribution in [0.5, 0.6) is 11.5 Å². The number of hydrogen-bond acceptors (Lipinski definition) is 5. The molecule has 8 heteroatoms. The maximum Gasteiger partial charge on any atom is 0.257 e. The van der Waals surface area contributed by atoms with E-state index >= 15 is 0 Å². The Bertz CT molecular complexity index is 1400. The van der Waals surface area contributed by atoms with Crippen LogP contribution in [0.15, 0.2) is 109 Å². The van der Waals surface area contributed by atoms with Gasteiger partial charge in [0.1, 0.15) is 24.7 Å². The Morgan fingerprint density at radius 2 is 1.33 bits per heavy atom. The molecule has 39 heavy (non-hydrogen) atoms. The third-order valence-corrected chi connectivity index (χ3v) is 5.94. The largest absolute Gasteiger partial charge is 0.490 e. The van der Waals surface area contributed by atoms with Gasteiger partial charge in [0.05, 0.1) is 6.04 Å². The van der Waals surface area contributed by atoms with Crippen molar-refractivity contribution in [1.29, 1.82) is 0 Å². The molecule has 4 rings (SSSR count). The van der Waals surface area contributed by atoms with Crippen molar-refractivity contribution in [1.82, 2.24) is 10.6 Å². The summed E-state index contributed by atoms with van der Waals surface area (Å²) in [5.41, 5.74) is 2.50. The average Bonchev–Trinajstić information content (AvgIpc) is 2.96. The summed E-state index contributed by atoms with van der Waals surface area (Å²) in [6, 6.07) is 32.8. The van der Waals surface area contributed by atoms with E-state index < -0.39 is 0 Å². The number of hydrogen-bond donors (Lipinski definition) is 3. The third kappa shape index (κ3) is 8.41. The maximum absolute atomic E-state index is 12.7. The first-order valence-corrected chi connectivity index (χ1v) is 12.9. The highest BCUT2D eigenvalue weighted by molar-refractivity contribution is 7.80. The number of para-hydroxylation sites is 1. The molecular formula is C31H29N3O4S. The number of rotatable bonds is 10. The first kappa shape index (κ1) is 27.3. The van der Waals surface area contributed by atoms with Gasteiger partial charge in [-0.15, -0.1) is 0 Å². The Kier molecular flexibility index (Phi) is 9.63. The molecule has 0 radical (unpaired) electrons. The maximum atomic E-state index is 12.7. The summed E-state index contributed by atoms with van der Waals surface area (Å²) >= 11 is 5.31. The summed E-state index contributed by atoms with van der Waals surface area (Å²) < 4.78 is 11.3. The minimum Gasteiger partial charge on any atom is -0.490 e. The van der Waals surface area contributed by atoms with Crippen LogP contribution in [0.1, 0.15) is 39.2 Å². The van der Waals surface area contributed by atoms with Crippen molar-refractivity contribution in [3.8, 4) is 11.5 Å². The van der Waals surface area contributed by atoms with Gasteiger partial charge in [0.25, 0.3) is 11.8 Å². The fourth-order valence-corrected chi connectivity index (χ4v) is 3.93. The molecule has 1 atom stereocenters. The van der Waals surface area contributed by atoms with Crippen LogP contribution in [-0.4, -0.2) is 30.1 Å². The van der Waals surface area contributed by atoms with E-state index in [4.69, 9.17) is 21.7 Å². The molecular weight excluding hydrogens is 510 g/mol. The van der Waals surface area contributed by atoms with Gasteiger partial charge in [-0.2, -0.15) is 0 Å². The fourth-order valence-electron chi connectivity index (χ4n) is 3.72. The molecule has 0 bridgehead atoms. The van der Waals surface area contributed by atoms with Crippen LogP contribution in [0.2, 0.25) is 0 Å². The molecule has 4 aromatic carbocycles. The summed E-state index contributed by atoms with van der Waals surface area (Å²) in [7, 11) is 0. The minimum atomic E-state index is -0.364. The number of benzene rings is 4. The quantitative estimate of drug-likeness (QED) is 0.175. The Hall–Kier alpha value is -4.69. The van der Waals surface area contributed by atoms with E-state index in [0.717, 1.165) is 11.3 Å². The molecule has 198 valence electrons. The summed E-state index contributed by atoms with van der Waals surface area (Å²) in [6.45, 7) is 2.71. The van der Waals surface area contributed by atoms with Crippen LogP contribution in [0.3, 0.4) is 0 Å². The van der Waals surface area contributed by atoms with Crippen LogP contribution in [0.4, 0.5) is 5.69 Å². The van der Waals surface area contributed by atoms with Crippen LogP contribution >= 0.6 is 12.2 Å². The highest BCUT2D eigenvalue weighted by Crippen LogP contribution is 2.16. The fraction of sp³-hybridized carbons (Fsp3) is 0.129. The Balaban J connectivity index is 1.24. The molecule has 4 aromatic rings. The first-order chi connectivity index (χ1) is 19.0. The van der Waals surface area contributed by atoms with Gasteiger partial charge in [-0.1, -0.05) is 54.6 Å². The Morgan fingerprint density at radius 3 is 2.00 bits per heavy atom. The zero-order valence-corrected chi connectivity index (χ0v) is 22.2. The van der Waals surface area contributed by atoms with Gasteiger partial charge in [0.15, 0.2) is 5.11 Å². The smallest absolute Gasteiger partial charge is 0.257 e. The lowest BCUT2D eigenvalue weighted by molar-refractivity contribution is 0.0938. The number of thiocarbonyl (C=S) groups is 1. The summed E-state index contributed by atoms with van der Waals surface area (Å²) in [5.74, 6) is 0.835. The molecule has 0 aliphatic carbocycles. The standard InChI is InChI=1S/C31H29N3O4S/c1-22(23-9-4-2-5-10-23)32-30(36)25-11-8-12-26(21-25)33-31(39)34-29(35)24-15-17-28(18-16-24)38-20-19-37-27-13-6-3-7-14-27/h2-18,21-22H,19-20H2,1H3,(H,32,36)(H2,33,34,35,39). The molecule has 0 heterocycles. The van der Waals surface area contributed by atoms with Crippen LogP contribution in [0.25, 0.3) is 0 Å². The highest BCUT2D eigenvalue weighted by atomic mass is 32.1. The van der Waals surface area contributed by atoms with E-state index in [1.165, 1.54) is 0 Å². The van der Waals surface area contributed by atoms with E-state index in [1.54, 1.807) is 48.5 Å². The number of nitrogens with one attached hydrogen (secondary N) is 3. The average molecular weight is 540 g/mol. The number of carbonyl (C=O) groups excluding carboxylic acids is 2. The van der Waals surface area contributed by atoms with Crippen molar-refractivity contribution in [3.05, 3.63) is 126 Å². The lowest BCUT2D eigenvalue weighted by atomic mass is 10.1. The summed E-state index contributed by atoms with van der Waals surface area (Å²) in [4.78, 5) is 25.4. The van der Waals surface area contributed by atoms with Gasteiger partial charge in [-0.05, 0) is 79.3 Å². The molecule has 7 nitrogen and oxygen atoms in total. The number of ether oxygens (including phenoxy) is 2. The highest BCUT2D eigenvalue weighted by Gasteiger charge is 2.13. The SMILES string of the molecule is CC(NC(=O)c1cccc(NC(=S)NC(=O)c2ccc(OCCOc3ccccc3)cc2)c1)c1ccccc1. The molecule has 0 aliphatic heterocycles. The van der Waals surface area contributed by atoms with Gasteiger partial charge in [-0.3, -0.25) is 14.9 Å². The van der Waals surface area contributed by atoms with E-state index in [1.807, 2.05) is 67.6 Å². The van der Waals surface area contributed by atoms with Gasteiger partial charge < -0.3 is 20.1 Å². The van der Waals surface area contributed by atoms with E-state index in [0.29, 0.717) is 35.8 Å². The monoisotopic (exact) mass is 539 g/mol. The molecule has 0 spiro atoms. The van der Waals surface area contributed by atoms with Crippen LogP contribution in [-0.2, 0) is 0 Å². The molecule has 0 fully saturated rings. The van der Waals surface area contributed by atoms with Crippen molar-refractivity contribution in [3.63, 3.8) is 0 Å². The van der Waals surface area contributed by atoms with Crippen molar-refractivity contribution >= 4 is 34.8 Å². The molecule has 0 aromatic heterocycles. The zero-order chi connectivity index (χ0) is 27.5. The van der Waals surface area contributed by atoms with Crippen molar-refractivity contribution in [2.24, 2.45) is 0 Å². The van der Waals surface area contributed by atoms with Gasteiger partial charge >= 0.3 is 0 Å². The number of anilines is 1. The second kappa shape index (κ2) is 13.7. The van der Waals surface area contributed by atoms with Crippen LogP contribution < -0.4 is 25.4 Å². The summed E-state index contributed by atoms with van der Waals surface area (Å²) in [5, 5.41) is 8.73. The van der Waals surface area contributed by atoms with Gasteiger partial charge in [-0.25, -0.2) is 0 Å².